The standard InChI is InChI=1S/C18H26N2O/c1-14-9-15(2)11-17(10-14)18(19-3)5-7-20(4)12-16-6-8-21-13-16/h6,8-11,13,18-19H,5,7,12H2,1-4H3. The van der Waals surface area contributed by atoms with E-state index in [1.54, 1.807) is 6.26 Å². The lowest BCUT2D eigenvalue weighted by atomic mass is 9.99. The molecular formula is C18H26N2O. The number of aryl methyl sites for hydroxylation is 2. The summed E-state index contributed by atoms with van der Waals surface area (Å²) in [5.74, 6) is 0. The maximum Gasteiger partial charge on any atom is 0.0947 e. The van der Waals surface area contributed by atoms with Gasteiger partial charge in [-0.1, -0.05) is 29.3 Å². The first-order valence-electron chi connectivity index (χ1n) is 7.53. The normalized spacial score (nSPS) is 12.8. The number of nitrogens with one attached hydrogen (secondary N) is 1. The summed E-state index contributed by atoms with van der Waals surface area (Å²) in [6.45, 7) is 6.30. The lowest BCUT2D eigenvalue weighted by Crippen LogP contribution is -2.25. The van der Waals surface area contributed by atoms with Gasteiger partial charge >= 0.3 is 0 Å². The molecule has 2 rings (SSSR count). The summed E-state index contributed by atoms with van der Waals surface area (Å²) in [5, 5.41) is 3.44. The quantitative estimate of drug-likeness (QED) is 0.841. The molecule has 1 aromatic carbocycles. The highest BCUT2D eigenvalue weighted by Crippen LogP contribution is 2.20. The fourth-order valence-corrected chi connectivity index (χ4v) is 2.81. The Morgan fingerprint density at radius 1 is 1.19 bits per heavy atom. The van der Waals surface area contributed by atoms with E-state index in [-0.39, 0.29) is 0 Å². The molecule has 0 saturated carbocycles. The Bertz CT molecular complexity index is 528. The van der Waals surface area contributed by atoms with Crippen LogP contribution in [0.1, 0.15) is 34.7 Å². The zero-order valence-electron chi connectivity index (χ0n) is 13.5. The number of furan rings is 1. The summed E-state index contributed by atoms with van der Waals surface area (Å²) in [6, 6.07) is 9.21. The summed E-state index contributed by atoms with van der Waals surface area (Å²) < 4.78 is 5.12. The van der Waals surface area contributed by atoms with Crippen LogP contribution in [0.15, 0.2) is 41.2 Å². The average molecular weight is 286 g/mol. The van der Waals surface area contributed by atoms with Crippen LogP contribution in [0.25, 0.3) is 0 Å². The van der Waals surface area contributed by atoms with E-state index in [0.717, 1.165) is 19.5 Å². The molecule has 1 N–H and O–H groups in total. The molecule has 2 aromatic rings. The van der Waals surface area contributed by atoms with E-state index < -0.39 is 0 Å². The predicted octanol–water partition coefficient (Wildman–Crippen LogP) is 3.68. The van der Waals surface area contributed by atoms with Gasteiger partial charge in [0.1, 0.15) is 0 Å². The number of rotatable bonds is 7. The monoisotopic (exact) mass is 286 g/mol. The van der Waals surface area contributed by atoms with Crippen molar-refractivity contribution in [1.29, 1.82) is 0 Å². The SMILES string of the molecule is CNC(CCN(C)Cc1ccoc1)c1cc(C)cc(C)c1. The highest BCUT2D eigenvalue weighted by Gasteiger charge is 2.11. The molecule has 0 saturated heterocycles. The molecule has 0 amide bonds. The molecule has 0 aliphatic rings. The molecule has 0 fully saturated rings. The molecule has 21 heavy (non-hydrogen) atoms. The van der Waals surface area contributed by atoms with Gasteiger partial charge < -0.3 is 14.6 Å². The van der Waals surface area contributed by atoms with Crippen molar-refractivity contribution in [3.63, 3.8) is 0 Å². The van der Waals surface area contributed by atoms with Crippen molar-refractivity contribution in [2.24, 2.45) is 0 Å². The Kier molecular flexibility index (Phi) is 5.59. The van der Waals surface area contributed by atoms with Crippen LogP contribution in [0.2, 0.25) is 0 Å². The molecule has 1 unspecified atom stereocenters. The van der Waals surface area contributed by atoms with Crippen LogP contribution in [-0.2, 0) is 6.54 Å². The summed E-state index contributed by atoms with van der Waals surface area (Å²) in [7, 11) is 4.19. The summed E-state index contributed by atoms with van der Waals surface area (Å²) in [5.41, 5.74) is 5.27. The highest BCUT2D eigenvalue weighted by molar-refractivity contribution is 5.30. The first-order chi connectivity index (χ1) is 10.1. The van der Waals surface area contributed by atoms with Gasteiger partial charge in [0, 0.05) is 18.2 Å². The van der Waals surface area contributed by atoms with Crippen LogP contribution in [0.3, 0.4) is 0 Å². The lowest BCUT2D eigenvalue weighted by molar-refractivity contribution is 0.303. The molecule has 1 heterocycles. The van der Waals surface area contributed by atoms with Crippen molar-refractivity contribution in [2.45, 2.75) is 32.9 Å². The van der Waals surface area contributed by atoms with Crippen LogP contribution in [0.5, 0.6) is 0 Å². The first-order valence-corrected chi connectivity index (χ1v) is 7.53. The van der Waals surface area contributed by atoms with Crippen LogP contribution >= 0.6 is 0 Å². The Morgan fingerprint density at radius 2 is 1.90 bits per heavy atom. The maximum atomic E-state index is 5.12. The zero-order valence-corrected chi connectivity index (χ0v) is 13.5. The summed E-state index contributed by atoms with van der Waals surface area (Å²) >= 11 is 0. The van der Waals surface area contributed by atoms with Gasteiger partial charge in [-0.3, -0.25) is 0 Å². The van der Waals surface area contributed by atoms with Crippen LogP contribution in [-0.4, -0.2) is 25.5 Å². The number of hydrogen-bond donors (Lipinski definition) is 1. The van der Waals surface area contributed by atoms with Crippen molar-refractivity contribution in [1.82, 2.24) is 10.2 Å². The highest BCUT2D eigenvalue weighted by atomic mass is 16.3. The Labute approximate surface area is 128 Å². The average Bonchev–Trinajstić information content (AvgIpc) is 2.91. The van der Waals surface area contributed by atoms with Gasteiger partial charge in [-0.05, 0) is 52.5 Å². The third kappa shape index (κ3) is 4.73. The fourth-order valence-electron chi connectivity index (χ4n) is 2.81. The summed E-state index contributed by atoms with van der Waals surface area (Å²) in [6.07, 6.45) is 4.64. The van der Waals surface area contributed by atoms with Crippen LogP contribution in [0.4, 0.5) is 0 Å². The smallest absolute Gasteiger partial charge is 0.0947 e. The second kappa shape index (κ2) is 7.43. The maximum absolute atomic E-state index is 5.12. The second-order valence-electron chi connectivity index (χ2n) is 5.92. The van der Waals surface area contributed by atoms with E-state index >= 15 is 0 Å². The van der Waals surface area contributed by atoms with Crippen LogP contribution < -0.4 is 5.32 Å². The predicted molar refractivity (Wildman–Crippen MR) is 87.4 cm³/mol. The number of hydrogen-bond acceptors (Lipinski definition) is 3. The summed E-state index contributed by atoms with van der Waals surface area (Å²) in [4.78, 5) is 2.33. The van der Waals surface area contributed by atoms with Gasteiger partial charge in [0.2, 0.25) is 0 Å². The topological polar surface area (TPSA) is 28.4 Å². The largest absolute Gasteiger partial charge is 0.472 e. The minimum absolute atomic E-state index is 0.399. The molecule has 0 aliphatic heterocycles. The van der Waals surface area contributed by atoms with E-state index in [9.17, 15) is 0 Å². The van der Waals surface area contributed by atoms with E-state index in [1.165, 1.54) is 22.3 Å². The molecule has 0 bridgehead atoms. The van der Waals surface area contributed by atoms with Gasteiger partial charge in [-0.2, -0.15) is 0 Å². The Morgan fingerprint density at radius 3 is 2.48 bits per heavy atom. The molecule has 3 heteroatoms. The van der Waals surface area contributed by atoms with Gasteiger partial charge in [0.05, 0.1) is 12.5 Å². The van der Waals surface area contributed by atoms with Gasteiger partial charge in [0.15, 0.2) is 0 Å². The fraction of sp³-hybridized carbons (Fsp3) is 0.444. The zero-order chi connectivity index (χ0) is 15.2. The van der Waals surface area contributed by atoms with Crippen molar-refractivity contribution in [2.75, 3.05) is 20.6 Å². The van der Waals surface area contributed by atoms with Gasteiger partial charge in [-0.15, -0.1) is 0 Å². The van der Waals surface area contributed by atoms with E-state index in [2.05, 4.69) is 49.3 Å². The lowest BCUT2D eigenvalue weighted by Gasteiger charge is -2.22. The molecule has 1 aromatic heterocycles. The number of benzene rings is 1. The Balaban J connectivity index is 1.92. The minimum atomic E-state index is 0.399. The van der Waals surface area contributed by atoms with E-state index in [0.29, 0.717) is 6.04 Å². The first kappa shape index (κ1) is 15.8. The van der Waals surface area contributed by atoms with Crippen LogP contribution in [0, 0.1) is 13.8 Å². The van der Waals surface area contributed by atoms with Crippen molar-refractivity contribution < 1.29 is 4.42 Å². The van der Waals surface area contributed by atoms with Crippen molar-refractivity contribution in [3.8, 4) is 0 Å². The molecule has 0 spiro atoms. The number of nitrogens with zero attached hydrogens (tertiary/aromatic N) is 1. The Hall–Kier alpha value is -1.58. The molecule has 3 nitrogen and oxygen atoms in total. The molecule has 0 aliphatic carbocycles. The minimum Gasteiger partial charge on any atom is -0.472 e. The molecular weight excluding hydrogens is 260 g/mol. The van der Waals surface area contributed by atoms with E-state index in [1.807, 2.05) is 19.4 Å². The van der Waals surface area contributed by atoms with Gasteiger partial charge in [0.25, 0.3) is 0 Å². The molecule has 1 atom stereocenters. The third-order valence-corrected chi connectivity index (χ3v) is 3.83. The van der Waals surface area contributed by atoms with Crippen molar-refractivity contribution in [3.05, 3.63) is 59.0 Å². The molecule has 114 valence electrons. The van der Waals surface area contributed by atoms with E-state index in [4.69, 9.17) is 4.42 Å². The molecule has 0 radical (unpaired) electrons. The second-order valence-corrected chi connectivity index (χ2v) is 5.92. The third-order valence-electron chi connectivity index (χ3n) is 3.83. The van der Waals surface area contributed by atoms with Crippen molar-refractivity contribution >= 4 is 0 Å². The van der Waals surface area contributed by atoms with Gasteiger partial charge in [-0.25, -0.2) is 0 Å².